The summed E-state index contributed by atoms with van der Waals surface area (Å²) in [5.74, 6) is -0.214. The minimum Gasteiger partial charge on any atom is -0.338 e. The standard InChI is InChI=1S/C30H32ClFN4O2/c1-34(24-11-6-3-7-12-24)30(38)33-27(21-9-4-2-5-10-21)15-16-35-17-22-19-36(20-23(22)18-35)29(37)28-25(31)13-8-14-26(28)32/h2-14,22-23,27H,15-20H2,1H3,(H,33,38)/t22-,23?,27?/m0/s1. The zero-order chi connectivity index (χ0) is 26.6. The van der Waals surface area contributed by atoms with E-state index in [1.54, 1.807) is 22.9 Å². The maximum atomic E-state index is 14.3. The van der Waals surface area contributed by atoms with Crippen LogP contribution in [0.4, 0.5) is 14.9 Å². The van der Waals surface area contributed by atoms with Crippen LogP contribution in [-0.2, 0) is 0 Å². The van der Waals surface area contributed by atoms with Crippen LogP contribution in [0.3, 0.4) is 0 Å². The Labute approximate surface area is 228 Å². The largest absolute Gasteiger partial charge is 0.338 e. The smallest absolute Gasteiger partial charge is 0.322 e. The van der Waals surface area contributed by atoms with Gasteiger partial charge in [-0.1, -0.05) is 66.2 Å². The first kappa shape index (κ1) is 26.2. The van der Waals surface area contributed by atoms with Gasteiger partial charge < -0.3 is 15.1 Å². The molecule has 8 heteroatoms. The van der Waals surface area contributed by atoms with Gasteiger partial charge in [-0.3, -0.25) is 9.69 Å². The number of benzene rings is 3. The second-order valence-electron chi connectivity index (χ2n) is 10.2. The average Bonchev–Trinajstić information content (AvgIpc) is 3.50. The van der Waals surface area contributed by atoms with Crippen molar-refractivity contribution in [2.45, 2.75) is 12.5 Å². The minimum absolute atomic E-state index is 0.0343. The van der Waals surface area contributed by atoms with Gasteiger partial charge in [0.1, 0.15) is 5.82 Å². The van der Waals surface area contributed by atoms with Crippen LogP contribution in [0.25, 0.3) is 0 Å². The predicted octanol–water partition coefficient (Wildman–Crippen LogP) is 5.46. The number of carbonyl (C=O) groups excluding carboxylic acids is 2. The third kappa shape index (κ3) is 5.69. The van der Waals surface area contributed by atoms with Crippen LogP contribution in [0.2, 0.25) is 5.02 Å². The summed E-state index contributed by atoms with van der Waals surface area (Å²) < 4.78 is 14.3. The summed E-state index contributed by atoms with van der Waals surface area (Å²) in [6, 6.07) is 23.7. The fraction of sp³-hybridized carbons (Fsp3) is 0.333. The number of hydrogen-bond donors (Lipinski definition) is 1. The molecule has 5 rings (SSSR count). The lowest BCUT2D eigenvalue weighted by Gasteiger charge is -2.27. The maximum Gasteiger partial charge on any atom is 0.322 e. The van der Waals surface area contributed by atoms with Crippen molar-refractivity contribution >= 4 is 29.2 Å². The summed E-state index contributed by atoms with van der Waals surface area (Å²) >= 11 is 6.13. The van der Waals surface area contributed by atoms with E-state index in [-0.39, 0.29) is 28.6 Å². The van der Waals surface area contributed by atoms with Gasteiger partial charge in [0.2, 0.25) is 0 Å². The summed E-state index contributed by atoms with van der Waals surface area (Å²) in [5, 5.41) is 3.37. The van der Waals surface area contributed by atoms with Crippen molar-refractivity contribution in [2.24, 2.45) is 11.8 Å². The Balaban J connectivity index is 1.18. The Bertz CT molecular complexity index is 1240. The third-order valence-electron chi connectivity index (χ3n) is 7.71. The number of anilines is 1. The number of amides is 3. The van der Waals surface area contributed by atoms with Gasteiger partial charge in [0.05, 0.1) is 16.6 Å². The Morgan fingerprint density at radius 3 is 2.21 bits per heavy atom. The van der Waals surface area contributed by atoms with Crippen LogP contribution < -0.4 is 10.2 Å². The first-order chi connectivity index (χ1) is 18.4. The number of fused-ring (bicyclic) bond motifs is 1. The highest BCUT2D eigenvalue weighted by Crippen LogP contribution is 2.34. The van der Waals surface area contributed by atoms with E-state index in [0.717, 1.165) is 37.3 Å². The molecular weight excluding hydrogens is 503 g/mol. The van der Waals surface area contributed by atoms with Crippen LogP contribution in [0.5, 0.6) is 0 Å². The van der Waals surface area contributed by atoms with Gasteiger partial charge in [-0.25, -0.2) is 9.18 Å². The van der Waals surface area contributed by atoms with Gasteiger partial charge in [-0.05, 0) is 48.1 Å². The van der Waals surface area contributed by atoms with Crippen molar-refractivity contribution < 1.29 is 14.0 Å². The number of carbonyl (C=O) groups is 2. The number of para-hydroxylation sites is 1. The van der Waals surface area contributed by atoms with Crippen molar-refractivity contribution in [3.05, 3.63) is 101 Å². The zero-order valence-electron chi connectivity index (χ0n) is 21.4. The van der Waals surface area contributed by atoms with Crippen LogP contribution >= 0.6 is 11.6 Å². The molecule has 198 valence electrons. The first-order valence-electron chi connectivity index (χ1n) is 13.0. The van der Waals surface area contributed by atoms with Crippen molar-refractivity contribution in [3.63, 3.8) is 0 Å². The van der Waals surface area contributed by atoms with E-state index in [4.69, 9.17) is 11.6 Å². The molecule has 1 N–H and O–H groups in total. The van der Waals surface area contributed by atoms with Crippen molar-refractivity contribution in [2.75, 3.05) is 44.7 Å². The predicted molar refractivity (Wildman–Crippen MR) is 148 cm³/mol. The molecule has 6 nitrogen and oxygen atoms in total. The normalized spacial score (nSPS) is 19.7. The third-order valence-corrected chi connectivity index (χ3v) is 8.02. The van der Waals surface area contributed by atoms with Gasteiger partial charge in [0.15, 0.2) is 0 Å². The molecule has 2 aliphatic rings. The fourth-order valence-electron chi connectivity index (χ4n) is 5.63. The van der Waals surface area contributed by atoms with E-state index >= 15 is 0 Å². The molecule has 0 aliphatic carbocycles. The second-order valence-corrected chi connectivity index (χ2v) is 10.6. The lowest BCUT2D eigenvalue weighted by molar-refractivity contribution is 0.0769. The summed E-state index contributed by atoms with van der Waals surface area (Å²) in [4.78, 5) is 31.8. The highest BCUT2D eigenvalue weighted by molar-refractivity contribution is 6.33. The second kappa shape index (κ2) is 11.5. The number of halogens is 2. The zero-order valence-corrected chi connectivity index (χ0v) is 22.2. The van der Waals surface area contributed by atoms with E-state index in [0.29, 0.717) is 24.9 Å². The topological polar surface area (TPSA) is 55.9 Å². The fourth-order valence-corrected chi connectivity index (χ4v) is 5.88. The van der Waals surface area contributed by atoms with E-state index in [2.05, 4.69) is 10.2 Å². The molecule has 2 fully saturated rings. The van der Waals surface area contributed by atoms with Gasteiger partial charge in [0, 0.05) is 45.5 Å². The highest BCUT2D eigenvalue weighted by atomic mass is 35.5. The molecule has 3 atom stereocenters. The summed E-state index contributed by atoms with van der Waals surface area (Å²) in [6.07, 6.45) is 0.769. The Hall–Kier alpha value is -3.42. The Kier molecular flexibility index (Phi) is 7.95. The van der Waals surface area contributed by atoms with Gasteiger partial charge >= 0.3 is 6.03 Å². The lowest BCUT2D eigenvalue weighted by atomic mass is 10.0. The first-order valence-corrected chi connectivity index (χ1v) is 13.4. The SMILES string of the molecule is CN(C(=O)NC(CCN1CC2CN(C(=O)c3c(F)cccc3Cl)C[C@@H]2C1)c1ccccc1)c1ccccc1. The van der Waals surface area contributed by atoms with Crippen LogP contribution in [0, 0.1) is 17.7 Å². The molecule has 2 aliphatic heterocycles. The molecule has 3 aromatic rings. The number of nitrogens with zero attached hydrogens (tertiary/aromatic N) is 3. The van der Waals surface area contributed by atoms with Crippen LogP contribution in [0.1, 0.15) is 28.4 Å². The average molecular weight is 535 g/mol. The number of rotatable bonds is 7. The molecule has 3 aromatic carbocycles. The minimum atomic E-state index is -0.576. The molecule has 2 heterocycles. The van der Waals surface area contributed by atoms with Crippen LogP contribution in [-0.4, -0.2) is 61.5 Å². The van der Waals surface area contributed by atoms with E-state index < -0.39 is 5.82 Å². The molecule has 0 spiro atoms. The van der Waals surface area contributed by atoms with Crippen LogP contribution in [0.15, 0.2) is 78.9 Å². The summed E-state index contributed by atoms with van der Waals surface area (Å²) in [7, 11) is 1.77. The molecular formula is C30H32ClFN4O2. The number of nitrogens with one attached hydrogen (secondary N) is 1. The molecule has 0 radical (unpaired) electrons. The van der Waals surface area contributed by atoms with Gasteiger partial charge in [0.25, 0.3) is 5.91 Å². The van der Waals surface area contributed by atoms with E-state index in [1.165, 1.54) is 12.1 Å². The molecule has 38 heavy (non-hydrogen) atoms. The Morgan fingerprint density at radius 1 is 0.947 bits per heavy atom. The molecule has 2 unspecified atom stereocenters. The number of likely N-dealkylation sites (tertiary alicyclic amines) is 2. The molecule has 0 saturated carbocycles. The molecule has 3 amide bonds. The summed E-state index contributed by atoms with van der Waals surface area (Å²) in [6.45, 7) is 3.78. The maximum absolute atomic E-state index is 14.3. The van der Waals surface area contributed by atoms with E-state index in [9.17, 15) is 14.0 Å². The quantitative estimate of drug-likeness (QED) is 0.438. The van der Waals surface area contributed by atoms with Crippen molar-refractivity contribution in [1.82, 2.24) is 15.1 Å². The Morgan fingerprint density at radius 2 is 1.58 bits per heavy atom. The van der Waals surface area contributed by atoms with E-state index in [1.807, 2.05) is 60.7 Å². The van der Waals surface area contributed by atoms with Crippen molar-refractivity contribution in [1.29, 1.82) is 0 Å². The number of hydrogen-bond acceptors (Lipinski definition) is 3. The molecule has 0 bridgehead atoms. The van der Waals surface area contributed by atoms with Gasteiger partial charge in [-0.2, -0.15) is 0 Å². The van der Waals surface area contributed by atoms with Crippen molar-refractivity contribution in [3.8, 4) is 0 Å². The highest BCUT2D eigenvalue weighted by Gasteiger charge is 2.42. The monoisotopic (exact) mass is 534 g/mol. The number of urea groups is 1. The molecule has 2 saturated heterocycles. The summed E-state index contributed by atoms with van der Waals surface area (Å²) in [5.41, 5.74) is 1.87. The molecule has 0 aromatic heterocycles. The van der Waals surface area contributed by atoms with Gasteiger partial charge in [-0.15, -0.1) is 0 Å². The lowest BCUT2D eigenvalue weighted by Crippen LogP contribution is -2.40.